The monoisotopic (exact) mass is 297 g/mol. The first-order valence-electron chi connectivity index (χ1n) is 4.22. The molecule has 0 aliphatic carbocycles. The number of alkyl halides is 6. The molecule has 0 heterocycles. The third-order valence-electron chi connectivity index (χ3n) is 2.02. The standard InChI is InChI=1S/C9H6F7N.ClH/c10-6-3-4(8(11,12)13)1-2-5(6)7(17)9(14,15)16;/h1-3,7H,17H2;1H/t7-;/m1./s1. The molecule has 0 saturated heterocycles. The lowest BCUT2D eigenvalue weighted by atomic mass is 10.0. The van der Waals surface area contributed by atoms with Crippen molar-refractivity contribution in [1.82, 2.24) is 0 Å². The van der Waals surface area contributed by atoms with Crippen LogP contribution in [-0.4, -0.2) is 6.18 Å². The van der Waals surface area contributed by atoms with Crippen LogP contribution in [-0.2, 0) is 6.18 Å². The Morgan fingerprint density at radius 2 is 1.50 bits per heavy atom. The first kappa shape index (κ1) is 17.0. The molecule has 9 heteroatoms. The van der Waals surface area contributed by atoms with Gasteiger partial charge in [0.25, 0.3) is 0 Å². The van der Waals surface area contributed by atoms with E-state index in [2.05, 4.69) is 5.73 Å². The fourth-order valence-corrected chi connectivity index (χ4v) is 1.13. The lowest BCUT2D eigenvalue weighted by molar-refractivity contribution is -0.149. The molecule has 1 atom stereocenters. The Morgan fingerprint density at radius 1 is 1.00 bits per heavy atom. The largest absolute Gasteiger partial charge is 0.416 e. The Kier molecular flexibility index (Phi) is 5.01. The predicted octanol–water partition coefficient (Wildman–Crippen LogP) is 3.83. The molecule has 0 fully saturated rings. The van der Waals surface area contributed by atoms with Gasteiger partial charge in [-0.2, -0.15) is 26.3 Å². The third-order valence-corrected chi connectivity index (χ3v) is 2.02. The van der Waals surface area contributed by atoms with E-state index in [9.17, 15) is 30.7 Å². The number of halogens is 8. The van der Waals surface area contributed by atoms with Gasteiger partial charge in [-0.3, -0.25) is 0 Å². The van der Waals surface area contributed by atoms with Crippen molar-refractivity contribution in [3.8, 4) is 0 Å². The zero-order chi connectivity index (χ0) is 13.4. The normalized spacial score (nSPS) is 14.0. The Balaban J connectivity index is 0.00000289. The molecule has 0 aliphatic heterocycles. The van der Waals surface area contributed by atoms with E-state index in [0.717, 1.165) is 0 Å². The lowest BCUT2D eigenvalue weighted by Gasteiger charge is -2.17. The molecule has 0 saturated carbocycles. The average Bonchev–Trinajstić information content (AvgIpc) is 2.13. The van der Waals surface area contributed by atoms with Crippen LogP contribution in [0.2, 0.25) is 0 Å². The van der Waals surface area contributed by atoms with Crippen LogP contribution in [0.5, 0.6) is 0 Å². The minimum absolute atomic E-state index is 0. The van der Waals surface area contributed by atoms with E-state index in [4.69, 9.17) is 0 Å². The van der Waals surface area contributed by atoms with E-state index in [1.165, 1.54) is 0 Å². The maximum Gasteiger partial charge on any atom is 0.416 e. The number of benzene rings is 1. The van der Waals surface area contributed by atoms with E-state index >= 15 is 0 Å². The van der Waals surface area contributed by atoms with E-state index in [1.807, 2.05) is 0 Å². The van der Waals surface area contributed by atoms with Crippen LogP contribution in [0.3, 0.4) is 0 Å². The van der Waals surface area contributed by atoms with Gasteiger partial charge in [0.05, 0.1) is 5.56 Å². The van der Waals surface area contributed by atoms with E-state index in [0.29, 0.717) is 12.1 Å². The van der Waals surface area contributed by atoms with Gasteiger partial charge in [0.15, 0.2) is 0 Å². The van der Waals surface area contributed by atoms with Crippen molar-refractivity contribution in [3.63, 3.8) is 0 Å². The summed E-state index contributed by atoms with van der Waals surface area (Å²) in [6.45, 7) is 0. The maximum absolute atomic E-state index is 13.1. The van der Waals surface area contributed by atoms with E-state index in [-0.39, 0.29) is 18.5 Å². The van der Waals surface area contributed by atoms with Crippen LogP contribution < -0.4 is 5.73 Å². The predicted molar refractivity (Wildman–Crippen MR) is 51.6 cm³/mol. The second-order valence-corrected chi connectivity index (χ2v) is 3.25. The van der Waals surface area contributed by atoms with Crippen molar-refractivity contribution in [2.45, 2.75) is 18.4 Å². The summed E-state index contributed by atoms with van der Waals surface area (Å²) in [5.41, 5.74) is 2.30. The van der Waals surface area contributed by atoms with Crippen molar-refractivity contribution >= 4 is 12.4 Å². The van der Waals surface area contributed by atoms with Crippen molar-refractivity contribution in [1.29, 1.82) is 0 Å². The lowest BCUT2D eigenvalue weighted by Crippen LogP contribution is -2.29. The van der Waals surface area contributed by atoms with Crippen LogP contribution in [0.25, 0.3) is 0 Å². The van der Waals surface area contributed by atoms with Gasteiger partial charge in [0, 0.05) is 5.56 Å². The molecule has 1 nitrogen and oxygen atoms in total. The molecule has 104 valence electrons. The summed E-state index contributed by atoms with van der Waals surface area (Å²) in [7, 11) is 0. The Morgan fingerprint density at radius 3 is 1.83 bits per heavy atom. The third kappa shape index (κ3) is 3.74. The van der Waals surface area contributed by atoms with Crippen molar-refractivity contribution in [2.75, 3.05) is 0 Å². The molecule has 0 unspecified atom stereocenters. The van der Waals surface area contributed by atoms with Crippen LogP contribution in [0.4, 0.5) is 30.7 Å². The first-order valence-corrected chi connectivity index (χ1v) is 4.22. The summed E-state index contributed by atoms with van der Waals surface area (Å²) in [6, 6.07) is -1.92. The van der Waals surface area contributed by atoms with Crippen molar-refractivity contribution in [2.24, 2.45) is 5.73 Å². The molecule has 0 aromatic heterocycles. The summed E-state index contributed by atoms with van der Waals surface area (Å²) in [6.07, 6.45) is -9.73. The van der Waals surface area contributed by atoms with E-state index in [1.54, 1.807) is 0 Å². The number of hydrogen-bond donors (Lipinski definition) is 1. The molecule has 1 aromatic rings. The minimum atomic E-state index is -4.92. The zero-order valence-corrected chi connectivity index (χ0v) is 9.26. The number of rotatable bonds is 1. The first-order chi connectivity index (χ1) is 7.53. The average molecular weight is 298 g/mol. The Hall–Kier alpha value is -1.02. The zero-order valence-electron chi connectivity index (χ0n) is 8.44. The van der Waals surface area contributed by atoms with Gasteiger partial charge in [-0.15, -0.1) is 12.4 Å². The van der Waals surface area contributed by atoms with Gasteiger partial charge >= 0.3 is 12.4 Å². The molecule has 0 spiro atoms. The highest BCUT2D eigenvalue weighted by Gasteiger charge is 2.40. The summed E-state index contributed by atoms with van der Waals surface area (Å²) >= 11 is 0. The summed E-state index contributed by atoms with van der Waals surface area (Å²) in [5.74, 6) is -1.63. The number of nitrogens with two attached hydrogens (primary N) is 1. The molecule has 0 bridgehead atoms. The minimum Gasteiger partial charge on any atom is -0.316 e. The van der Waals surface area contributed by atoms with Crippen molar-refractivity contribution < 1.29 is 30.7 Å². The molecule has 0 radical (unpaired) electrons. The van der Waals surface area contributed by atoms with Crippen molar-refractivity contribution in [3.05, 3.63) is 35.1 Å². The van der Waals surface area contributed by atoms with Gasteiger partial charge in [-0.1, -0.05) is 6.07 Å². The Bertz CT molecular complexity index is 412. The second-order valence-electron chi connectivity index (χ2n) is 3.25. The highest BCUT2D eigenvalue weighted by Crippen LogP contribution is 2.35. The van der Waals surface area contributed by atoms with Crippen LogP contribution in [0.15, 0.2) is 18.2 Å². The smallest absolute Gasteiger partial charge is 0.316 e. The topological polar surface area (TPSA) is 26.0 Å². The van der Waals surface area contributed by atoms with Crippen LogP contribution in [0.1, 0.15) is 17.2 Å². The van der Waals surface area contributed by atoms with Gasteiger partial charge < -0.3 is 5.73 Å². The summed E-state index contributed by atoms with van der Waals surface area (Å²) < 4.78 is 85.8. The van der Waals surface area contributed by atoms with Gasteiger partial charge in [-0.25, -0.2) is 4.39 Å². The Labute approximate surface area is 103 Å². The molecule has 1 rings (SSSR count). The molecule has 18 heavy (non-hydrogen) atoms. The molecule has 1 aromatic carbocycles. The SMILES string of the molecule is Cl.N[C@H](c1ccc(C(F)(F)F)cc1F)C(F)(F)F. The molecule has 0 aliphatic rings. The number of hydrogen-bond acceptors (Lipinski definition) is 1. The molecular weight excluding hydrogens is 291 g/mol. The molecular formula is C9H7ClF7N. The summed E-state index contributed by atoms with van der Waals surface area (Å²) in [5, 5.41) is 0. The van der Waals surface area contributed by atoms with Gasteiger partial charge in [0.1, 0.15) is 11.9 Å². The summed E-state index contributed by atoms with van der Waals surface area (Å²) in [4.78, 5) is 0. The second kappa shape index (κ2) is 5.31. The van der Waals surface area contributed by atoms with Gasteiger partial charge in [-0.05, 0) is 12.1 Å². The maximum atomic E-state index is 13.1. The van der Waals surface area contributed by atoms with E-state index < -0.39 is 35.3 Å². The fraction of sp³-hybridized carbons (Fsp3) is 0.333. The quantitative estimate of drug-likeness (QED) is 0.783. The fourth-order valence-electron chi connectivity index (χ4n) is 1.13. The van der Waals surface area contributed by atoms with Crippen LogP contribution in [0, 0.1) is 5.82 Å². The molecule has 2 N–H and O–H groups in total. The van der Waals surface area contributed by atoms with Gasteiger partial charge in [0.2, 0.25) is 0 Å². The highest BCUT2D eigenvalue weighted by molar-refractivity contribution is 5.85. The van der Waals surface area contributed by atoms with Crippen LogP contribution >= 0.6 is 12.4 Å². The highest BCUT2D eigenvalue weighted by atomic mass is 35.5. The molecule has 0 amide bonds.